The SMILES string of the molecule is CC(=O)OCC(CCc1cccc(O)c1)COC(C)=O. The molecule has 0 fully saturated rings. The molecular weight excluding hydrogens is 260 g/mol. The van der Waals surface area contributed by atoms with E-state index in [-0.39, 0.29) is 36.8 Å². The normalized spacial score (nSPS) is 10.3. The van der Waals surface area contributed by atoms with Crippen LogP contribution in [-0.4, -0.2) is 30.3 Å². The van der Waals surface area contributed by atoms with Gasteiger partial charge in [0, 0.05) is 19.8 Å². The van der Waals surface area contributed by atoms with Crippen LogP contribution < -0.4 is 0 Å². The Bertz CT molecular complexity index is 437. The van der Waals surface area contributed by atoms with Gasteiger partial charge in [0.2, 0.25) is 0 Å². The number of hydrogen-bond acceptors (Lipinski definition) is 5. The quantitative estimate of drug-likeness (QED) is 0.774. The molecule has 0 saturated heterocycles. The largest absolute Gasteiger partial charge is 0.508 e. The topological polar surface area (TPSA) is 72.8 Å². The third-order valence-corrected chi connectivity index (χ3v) is 2.80. The van der Waals surface area contributed by atoms with Crippen molar-refractivity contribution in [2.24, 2.45) is 5.92 Å². The van der Waals surface area contributed by atoms with Crippen LogP contribution >= 0.6 is 0 Å². The average molecular weight is 280 g/mol. The molecule has 1 aromatic rings. The summed E-state index contributed by atoms with van der Waals surface area (Å²) in [5, 5.41) is 9.39. The van der Waals surface area contributed by atoms with Gasteiger partial charge in [-0.3, -0.25) is 9.59 Å². The van der Waals surface area contributed by atoms with E-state index in [9.17, 15) is 14.7 Å². The van der Waals surface area contributed by atoms with E-state index < -0.39 is 0 Å². The van der Waals surface area contributed by atoms with Crippen LogP contribution in [0.1, 0.15) is 25.8 Å². The van der Waals surface area contributed by atoms with Crippen LogP contribution in [0.15, 0.2) is 24.3 Å². The van der Waals surface area contributed by atoms with Crippen molar-refractivity contribution in [1.29, 1.82) is 0 Å². The number of hydrogen-bond donors (Lipinski definition) is 1. The van der Waals surface area contributed by atoms with Crippen molar-refractivity contribution in [3.05, 3.63) is 29.8 Å². The van der Waals surface area contributed by atoms with Crippen LogP contribution in [0.4, 0.5) is 0 Å². The fourth-order valence-corrected chi connectivity index (χ4v) is 1.77. The van der Waals surface area contributed by atoms with Crippen LogP contribution in [0.25, 0.3) is 0 Å². The number of phenolic OH excluding ortho intramolecular Hbond substituents is 1. The molecule has 0 radical (unpaired) electrons. The van der Waals surface area contributed by atoms with E-state index in [0.717, 1.165) is 5.56 Å². The number of phenols is 1. The van der Waals surface area contributed by atoms with Gasteiger partial charge in [-0.05, 0) is 30.5 Å². The Balaban J connectivity index is 2.49. The van der Waals surface area contributed by atoms with Gasteiger partial charge in [-0.25, -0.2) is 0 Å². The predicted molar refractivity (Wildman–Crippen MR) is 73.2 cm³/mol. The van der Waals surface area contributed by atoms with E-state index in [0.29, 0.717) is 12.8 Å². The van der Waals surface area contributed by atoms with Crippen LogP contribution in [0, 0.1) is 5.92 Å². The summed E-state index contributed by atoms with van der Waals surface area (Å²) in [4.78, 5) is 21.7. The highest BCUT2D eigenvalue weighted by atomic mass is 16.5. The molecule has 0 amide bonds. The summed E-state index contributed by atoms with van der Waals surface area (Å²) in [5.74, 6) is -0.533. The molecule has 110 valence electrons. The van der Waals surface area contributed by atoms with Crippen molar-refractivity contribution in [2.45, 2.75) is 26.7 Å². The Morgan fingerprint density at radius 2 is 1.75 bits per heavy atom. The zero-order chi connectivity index (χ0) is 15.0. The van der Waals surface area contributed by atoms with E-state index in [4.69, 9.17) is 9.47 Å². The Morgan fingerprint density at radius 1 is 1.15 bits per heavy atom. The minimum atomic E-state index is -0.352. The molecule has 0 saturated carbocycles. The Labute approximate surface area is 118 Å². The van der Waals surface area contributed by atoms with Gasteiger partial charge in [0.25, 0.3) is 0 Å². The van der Waals surface area contributed by atoms with E-state index in [1.807, 2.05) is 6.07 Å². The molecule has 5 heteroatoms. The maximum Gasteiger partial charge on any atom is 0.302 e. The predicted octanol–water partition coefficient (Wildman–Crippen LogP) is 2.07. The van der Waals surface area contributed by atoms with Gasteiger partial charge in [0.05, 0.1) is 13.2 Å². The number of carbonyl (C=O) groups is 2. The molecule has 0 aliphatic carbocycles. The van der Waals surface area contributed by atoms with Gasteiger partial charge in [-0.15, -0.1) is 0 Å². The van der Waals surface area contributed by atoms with Gasteiger partial charge < -0.3 is 14.6 Å². The second-order valence-corrected chi connectivity index (χ2v) is 4.68. The number of esters is 2. The summed E-state index contributed by atoms with van der Waals surface area (Å²) in [5.41, 5.74) is 0.987. The van der Waals surface area contributed by atoms with Crippen LogP contribution in [0.3, 0.4) is 0 Å². The van der Waals surface area contributed by atoms with E-state index in [1.54, 1.807) is 18.2 Å². The maximum atomic E-state index is 10.8. The summed E-state index contributed by atoms with van der Waals surface area (Å²) in [6, 6.07) is 6.99. The van der Waals surface area contributed by atoms with Crippen molar-refractivity contribution >= 4 is 11.9 Å². The molecule has 1 rings (SSSR count). The second-order valence-electron chi connectivity index (χ2n) is 4.68. The zero-order valence-electron chi connectivity index (χ0n) is 11.8. The lowest BCUT2D eigenvalue weighted by Crippen LogP contribution is -2.20. The first-order valence-corrected chi connectivity index (χ1v) is 6.52. The first kappa shape index (κ1) is 16.0. The molecule has 0 aliphatic rings. The fraction of sp³-hybridized carbons (Fsp3) is 0.467. The number of aryl methyl sites for hydroxylation is 1. The molecule has 0 heterocycles. The molecule has 0 aromatic heterocycles. The summed E-state index contributed by atoms with van der Waals surface area (Å²) >= 11 is 0. The average Bonchev–Trinajstić information content (AvgIpc) is 2.37. The maximum absolute atomic E-state index is 10.8. The molecule has 20 heavy (non-hydrogen) atoms. The third-order valence-electron chi connectivity index (χ3n) is 2.80. The van der Waals surface area contributed by atoms with Gasteiger partial charge >= 0.3 is 11.9 Å². The zero-order valence-corrected chi connectivity index (χ0v) is 11.8. The molecule has 0 atom stereocenters. The molecule has 1 aromatic carbocycles. The number of rotatable bonds is 7. The van der Waals surface area contributed by atoms with Gasteiger partial charge in [0.15, 0.2) is 0 Å². The number of carbonyl (C=O) groups excluding carboxylic acids is 2. The number of ether oxygens (including phenoxy) is 2. The molecule has 0 unspecified atom stereocenters. The monoisotopic (exact) mass is 280 g/mol. The Hall–Kier alpha value is -2.04. The van der Waals surface area contributed by atoms with Crippen LogP contribution in [0.2, 0.25) is 0 Å². The Kier molecular flexibility index (Phi) is 6.56. The first-order valence-electron chi connectivity index (χ1n) is 6.52. The van der Waals surface area contributed by atoms with Crippen LogP contribution in [0.5, 0.6) is 5.75 Å². The third kappa shape index (κ3) is 6.78. The highest BCUT2D eigenvalue weighted by Crippen LogP contribution is 2.16. The van der Waals surface area contributed by atoms with Gasteiger partial charge in [0.1, 0.15) is 5.75 Å². The molecular formula is C15H20O5. The molecule has 0 aliphatic heterocycles. The highest BCUT2D eigenvalue weighted by molar-refractivity contribution is 5.66. The molecule has 0 bridgehead atoms. The summed E-state index contributed by atoms with van der Waals surface area (Å²) in [6.07, 6.45) is 1.41. The van der Waals surface area contributed by atoms with E-state index in [1.165, 1.54) is 13.8 Å². The lowest BCUT2D eigenvalue weighted by atomic mass is 10.0. The molecule has 0 spiro atoms. The van der Waals surface area contributed by atoms with Crippen LogP contribution in [-0.2, 0) is 25.5 Å². The lowest BCUT2D eigenvalue weighted by molar-refractivity contribution is -0.146. The van der Waals surface area contributed by atoms with Crippen molar-refractivity contribution in [2.75, 3.05) is 13.2 Å². The van der Waals surface area contributed by atoms with Crippen molar-refractivity contribution in [1.82, 2.24) is 0 Å². The second kappa shape index (κ2) is 8.19. The lowest BCUT2D eigenvalue weighted by Gasteiger charge is -2.16. The number of benzene rings is 1. The number of aromatic hydroxyl groups is 1. The fourth-order valence-electron chi connectivity index (χ4n) is 1.77. The van der Waals surface area contributed by atoms with E-state index >= 15 is 0 Å². The summed E-state index contributed by atoms with van der Waals surface area (Å²) < 4.78 is 9.94. The Morgan fingerprint density at radius 3 is 2.25 bits per heavy atom. The minimum absolute atomic E-state index is 0.0508. The first-order chi connectivity index (χ1) is 9.47. The summed E-state index contributed by atoms with van der Waals surface area (Å²) in [7, 11) is 0. The smallest absolute Gasteiger partial charge is 0.302 e. The van der Waals surface area contributed by atoms with Crippen molar-refractivity contribution in [3.63, 3.8) is 0 Å². The van der Waals surface area contributed by atoms with E-state index in [2.05, 4.69) is 0 Å². The summed E-state index contributed by atoms with van der Waals surface area (Å²) in [6.45, 7) is 3.14. The molecule has 5 nitrogen and oxygen atoms in total. The van der Waals surface area contributed by atoms with Gasteiger partial charge in [-0.2, -0.15) is 0 Å². The standard InChI is InChI=1S/C15H20O5/c1-11(16)19-9-14(10-20-12(2)17)7-6-13-4-3-5-15(18)8-13/h3-5,8,14,18H,6-7,9-10H2,1-2H3. The molecule has 1 N–H and O–H groups in total. The minimum Gasteiger partial charge on any atom is -0.508 e. The van der Waals surface area contributed by atoms with Crippen molar-refractivity contribution < 1.29 is 24.2 Å². The van der Waals surface area contributed by atoms with Crippen molar-refractivity contribution in [3.8, 4) is 5.75 Å². The highest BCUT2D eigenvalue weighted by Gasteiger charge is 2.13. The van der Waals surface area contributed by atoms with Gasteiger partial charge in [-0.1, -0.05) is 12.1 Å².